The van der Waals surface area contributed by atoms with Crippen LogP contribution in [0.25, 0.3) is 11.0 Å². The standard InChI is InChI=1S/C22H25N5O/c28-22(21-17-24-19-9-4-5-10-20(19)25-21)23-11-6-12-26-13-15-27(16-14-26)18-7-2-1-3-8-18/h1-5,7-10,17H,6,11-16H2,(H,23,28). The second-order valence-corrected chi connectivity index (χ2v) is 7.02. The Balaban J connectivity index is 1.19. The topological polar surface area (TPSA) is 61.4 Å². The maximum Gasteiger partial charge on any atom is 0.271 e. The highest BCUT2D eigenvalue weighted by atomic mass is 16.1. The predicted octanol–water partition coefficient (Wildman–Crippen LogP) is 2.57. The van der Waals surface area contributed by atoms with E-state index in [1.54, 1.807) is 6.20 Å². The van der Waals surface area contributed by atoms with Crippen molar-refractivity contribution in [1.29, 1.82) is 0 Å². The molecule has 0 aliphatic carbocycles. The van der Waals surface area contributed by atoms with Crippen molar-refractivity contribution in [2.45, 2.75) is 6.42 Å². The van der Waals surface area contributed by atoms with Crippen LogP contribution in [0.5, 0.6) is 0 Å². The largest absolute Gasteiger partial charge is 0.369 e. The van der Waals surface area contributed by atoms with E-state index in [1.165, 1.54) is 5.69 Å². The van der Waals surface area contributed by atoms with Gasteiger partial charge >= 0.3 is 0 Å². The first-order valence-corrected chi connectivity index (χ1v) is 9.82. The lowest BCUT2D eigenvalue weighted by molar-refractivity contribution is 0.0946. The van der Waals surface area contributed by atoms with Crippen LogP contribution in [-0.4, -0.2) is 60.0 Å². The Hall–Kier alpha value is -2.99. The molecule has 0 atom stereocenters. The van der Waals surface area contributed by atoms with Crippen molar-refractivity contribution < 1.29 is 4.79 Å². The summed E-state index contributed by atoms with van der Waals surface area (Å²) in [6.07, 6.45) is 2.47. The number of nitrogens with one attached hydrogen (secondary N) is 1. The van der Waals surface area contributed by atoms with Crippen molar-refractivity contribution in [2.24, 2.45) is 0 Å². The fourth-order valence-corrected chi connectivity index (χ4v) is 3.53. The molecule has 0 spiro atoms. The molecular weight excluding hydrogens is 350 g/mol. The van der Waals surface area contributed by atoms with E-state index in [0.717, 1.165) is 50.2 Å². The lowest BCUT2D eigenvalue weighted by Gasteiger charge is -2.36. The smallest absolute Gasteiger partial charge is 0.271 e. The molecule has 6 heteroatoms. The van der Waals surface area contributed by atoms with Crippen LogP contribution in [0.1, 0.15) is 16.9 Å². The second-order valence-electron chi connectivity index (χ2n) is 7.02. The number of hydrogen-bond acceptors (Lipinski definition) is 5. The van der Waals surface area contributed by atoms with E-state index < -0.39 is 0 Å². The first-order chi connectivity index (χ1) is 13.8. The molecule has 1 aliphatic rings. The maximum absolute atomic E-state index is 12.3. The van der Waals surface area contributed by atoms with Gasteiger partial charge < -0.3 is 10.2 Å². The Kier molecular flexibility index (Phi) is 5.77. The third-order valence-electron chi connectivity index (χ3n) is 5.11. The van der Waals surface area contributed by atoms with Crippen molar-refractivity contribution in [3.05, 3.63) is 66.5 Å². The van der Waals surface area contributed by atoms with Gasteiger partial charge in [-0.2, -0.15) is 0 Å². The molecule has 3 aromatic rings. The van der Waals surface area contributed by atoms with Crippen LogP contribution in [0.15, 0.2) is 60.8 Å². The van der Waals surface area contributed by atoms with E-state index in [-0.39, 0.29) is 5.91 Å². The number of anilines is 1. The fraction of sp³-hybridized carbons (Fsp3) is 0.318. The molecule has 4 rings (SSSR count). The van der Waals surface area contributed by atoms with Crippen molar-refractivity contribution in [2.75, 3.05) is 44.2 Å². The van der Waals surface area contributed by atoms with E-state index in [9.17, 15) is 4.79 Å². The normalized spacial score (nSPS) is 14.9. The van der Waals surface area contributed by atoms with E-state index in [4.69, 9.17) is 0 Å². The Morgan fingerprint density at radius 2 is 1.64 bits per heavy atom. The van der Waals surface area contributed by atoms with Gasteiger partial charge in [-0.05, 0) is 37.2 Å². The lowest BCUT2D eigenvalue weighted by Crippen LogP contribution is -2.47. The second kappa shape index (κ2) is 8.80. The number of para-hydroxylation sites is 3. The van der Waals surface area contributed by atoms with Gasteiger partial charge in [0, 0.05) is 38.4 Å². The number of amides is 1. The first-order valence-electron chi connectivity index (χ1n) is 9.82. The summed E-state index contributed by atoms with van der Waals surface area (Å²) in [5.41, 5.74) is 3.21. The Morgan fingerprint density at radius 1 is 0.929 bits per heavy atom. The average molecular weight is 375 g/mol. The van der Waals surface area contributed by atoms with Crippen LogP contribution in [0.4, 0.5) is 5.69 Å². The molecular formula is C22H25N5O. The van der Waals surface area contributed by atoms with Gasteiger partial charge in [-0.15, -0.1) is 0 Å². The predicted molar refractivity (Wildman–Crippen MR) is 112 cm³/mol. The average Bonchev–Trinajstić information content (AvgIpc) is 2.77. The monoisotopic (exact) mass is 375 g/mol. The molecule has 0 radical (unpaired) electrons. The molecule has 0 saturated carbocycles. The molecule has 2 heterocycles. The Labute approximate surface area is 165 Å². The molecule has 1 aromatic heterocycles. The van der Waals surface area contributed by atoms with Crippen LogP contribution in [0.2, 0.25) is 0 Å². The van der Waals surface area contributed by atoms with Gasteiger partial charge in [-0.25, -0.2) is 4.98 Å². The summed E-state index contributed by atoms with van der Waals surface area (Å²) in [4.78, 5) is 25.9. The summed E-state index contributed by atoms with van der Waals surface area (Å²) < 4.78 is 0. The first kappa shape index (κ1) is 18.4. The summed E-state index contributed by atoms with van der Waals surface area (Å²) in [6.45, 7) is 5.84. The molecule has 6 nitrogen and oxygen atoms in total. The molecule has 1 amide bonds. The zero-order valence-corrected chi connectivity index (χ0v) is 15.9. The molecule has 1 N–H and O–H groups in total. The minimum absolute atomic E-state index is 0.160. The van der Waals surface area contributed by atoms with Crippen molar-refractivity contribution in [3.8, 4) is 0 Å². The number of aromatic nitrogens is 2. The third kappa shape index (κ3) is 4.46. The number of fused-ring (bicyclic) bond motifs is 1. The third-order valence-corrected chi connectivity index (χ3v) is 5.11. The quantitative estimate of drug-likeness (QED) is 0.671. The number of carbonyl (C=O) groups is 1. The van der Waals surface area contributed by atoms with Crippen molar-refractivity contribution in [1.82, 2.24) is 20.2 Å². The van der Waals surface area contributed by atoms with Gasteiger partial charge in [0.1, 0.15) is 5.69 Å². The fourth-order valence-electron chi connectivity index (χ4n) is 3.53. The zero-order valence-electron chi connectivity index (χ0n) is 15.9. The lowest BCUT2D eigenvalue weighted by atomic mass is 10.2. The van der Waals surface area contributed by atoms with E-state index in [1.807, 2.05) is 24.3 Å². The summed E-state index contributed by atoms with van der Waals surface area (Å²) >= 11 is 0. The van der Waals surface area contributed by atoms with Crippen molar-refractivity contribution >= 4 is 22.6 Å². The summed E-state index contributed by atoms with van der Waals surface area (Å²) in [5.74, 6) is -0.160. The number of benzene rings is 2. The summed E-state index contributed by atoms with van der Waals surface area (Å²) in [5, 5.41) is 2.96. The number of nitrogens with zero attached hydrogens (tertiary/aromatic N) is 4. The Morgan fingerprint density at radius 3 is 2.43 bits per heavy atom. The number of hydrogen-bond donors (Lipinski definition) is 1. The van der Waals surface area contributed by atoms with E-state index in [2.05, 4.69) is 55.4 Å². The van der Waals surface area contributed by atoms with Crippen LogP contribution >= 0.6 is 0 Å². The molecule has 2 aromatic carbocycles. The van der Waals surface area contributed by atoms with E-state index in [0.29, 0.717) is 12.2 Å². The molecule has 1 saturated heterocycles. The molecule has 1 fully saturated rings. The highest BCUT2D eigenvalue weighted by Crippen LogP contribution is 2.15. The molecule has 144 valence electrons. The number of piperazine rings is 1. The van der Waals surface area contributed by atoms with Crippen LogP contribution in [0.3, 0.4) is 0 Å². The maximum atomic E-state index is 12.3. The molecule has 0 bridgehead atoms. The van der Waals surface area contributed by atoms with Gasteiger partial charge in [0.15, 0.2) is 0 Å². The van der Waals surface area contributed by atoms with Gasteiger partial charge in [0.05, 0.1) is 17.2 Å². The number of carbonyl (C=O) groups excluding carboxylic acids is 1. The summed E-state index contributed by atoms with van der Waals surface area (Å²) in [6, 6.07) is 18.1. The SMILES string of the molecule is O=C(NCCCN1CCN(c2ccccc2)CC1)c1cnc2ccccc2n1. The zero-order chi connectivity index (χ0) is 19.2. The van der Waals surface area contributed by atoms with Gasteiger partial charge in [-0.1, -0.05) is 30.3 Å². The minimum Gasteiger partial charge on any atom is -0.369 e. The summed E-state index contributed by atoms with van der Waals surface area (Å²) in [7, 11) is 0. The molecule has 1 aliphatic heterocycles. The highest BCUT2D eigenvalue weighted by molar-refractivity contribution is 5.93. The van der Waals surface area contributed by atoms with Crippen LogP contribution in [-0.2, 0) is 0 Å². The van der Waals surface area contributed by atoms with Crippen LogP contribution < -0.4 is 10.2 Å². The highest BCUT2D eigenvalue weighted by Gasteiger charge is 2.16. The molecule has 28 heavy (non-hydrogen) atoms. The van der Waals surface area contributed by atoms with Crippen molar-refractivity contribution in [3.63, 3.8) is 0 Å². The van der Waals surface area contributed by atoms with Gasteiger partial charge in [-0.3, -0.25) is 14.7 Å². The van der Waals surface area contributed by atoms with Gasteiger partial charge in [0.2, 0.25) is 0 Å². The Bertz CT molecular complexity index is 922. The van der Waals surface area contributed by atoms with Gasteiger partial charge in [0.25, 0.3) is 5.91 Å². The van der Waals surface area contributed by atoms with Crippen LogP contribution in [0, 0.1) is 0 Å². The van der Waals surface area contributed by atoms with E-state index >= 15 is 0 Å². The minimum atomic E-state index is -0.160. The molecule has 0 unspecified atom stereocenters. The number of rotatable bonds is 6.